The fourth-order valence-electron chi connectivity index (χ4n) is 2.18. The predicted molar refractivity (Wildman–Crippen MR) is 100.0 cm³/mol. The number of aryl methyl sites for hydroxylation is 2. The van der Waals surface area contributed by atoms with Crippen molar-refractivity contribution in [3.63, 3.8) is 0 Å². The van der Waals surface area contributed by atoms with Crippen LogP contribution in [0, 0.1) is 13.8 Å². The molecule has 0 spiro atoms. The number of alkyl halides is 9. The fourth-order valence-corrected chi connectivity index (χ4v) is 4.69. The molecule has 0 aliphatic carbocycles. The molecule has 3 nitrogen and oxygen atoms in total. The summed E-state index contributed by atoms with van der Waals surface area (Å²) in [6.07, 6.45) is 0. The van der Waals surface area contributed by atoms with Gasteiger partial charge in [0.25, 0.3) is 0 Å². The Balaban J connectivity index is 0.000000547. The third-order valence-electron chi connectivity index (χ3n) is 3.34. The van der Waals surface area contributed by atoms with Gasteiger partial charge in [0.1, 0.15) is 0 Å². The van der Waals surface area contributed by atoms with Crippen molar-refractivity contribution in [2.45, 2.75) is 45.1 Å². The lowest BCUT2D eigenvalue weighted by Gasteiger charge is -2.13. The second-order valence-electron chi connectivity index (χ2n) is 5.94. The SMILES string of the molecule is Cc1cccc([S+](c2ccc(SC(F)(F)F)cc2C)C(F)(F)F)c1.O=S(=O)([O-])C(F)(F)F. The standard InChI is InChI=1S/C16H13F6S2.CHF3O3S/c1-10-4-3-5-13(8-10)24(16(20,21)22)14-7-6-12(9-11(14)2)23-15(17,18)19;2-1(3,4)8(5,6)7/h3-9H,1-2H3;(H,5,6,7)/q+1;/p-1. The average molecular weight is 532 g/mol. The number of hydrogen-bond donors (Lipinski definition) is 0. The van der Waals surface area contributed by atoms with Gasteiger partial charge in [0, 0.05) is 10.5 Å². The van der Waals surface area contributed by atoms with Crippen molar-refractivity contribution in [3.05, 3.63) is 53.6 Å². The van der Waals surface area contributed by atoms with Crippen LogP contribution in [0.15, 0.2) is 57.2 Å². The smallest absolute Gasteiger partial charge is 0.586 e. The number of rotatable bonds is 3. The highest BCUT2D eigenvalue weighted by molar-refractivity contribution is 8.00. The zero-order chi connectivity index (χ0) is 25.1. The summed E-state index contributed by atoms with van der Waals surface area (Å²) in [5, 5.41) is 0. The molecule has 2 aromatic rings. The van der Waals surface area contributed by atoms with Crippen molar-refractivity contribution >= 4 is 32.8 Å². The Hall–Kier alpha value is -1.58. The van der Waals surface area contributed by atoms with E-state index in [4.69, 9.17) is 13.0 Å². The molecular weight excluding hydrogens is 519 g/mol. The van der Waals surface area contributed by atoms with Crippen LogP contribution in [0.4, 0.5) is 39.5 Å². The molecule has 2 rings (SSSR count). The molecule has 0 amide bonds. The Morgan fingerprint density at radius 1 is 0.875 bits per heavy atom. The van der Waals surface area contributed by atoms with Crippen molar-refractivity contribution in [2.75, 3.05) is 0 Å². The topological polar surface area (TPSA) is 57.2 Å². The molecule has 0 aliphatic rings. The van der Waals surface area contributed by atoms with Crippen molar-refractivity contribution in [1.82, 2.24) is 0 Å². The van der Waals surface area contributed by atoms with E-state index in [0.717, 1.165) is 18.2 Å². The van der Waals surface area contributed by atoms with Crippen molar-refractivity contribution in [2.24, 2.45) is 0 Å². The highest BCUT2D eigenvalue weighted by atomic mass is 32.2. The predicted octanol–water partition coefficient (Wildman–Crippen LogP) is 6.52. The van der Waals surface area contributed by atoms with Crippen LogP contribution < -0.4 is 0 Å². The lowest BCUT2D eigenvalue weighted by molar-refractivity contribution is -0.0518. The van der Waals surface area contributed by atoms with E-state index < -0.39 is 37.5 Å². The van der Waals surface area contributed by atoms with E-state index in [9.17, 15) is 39.5 Å². The maximum absolute atomic E-state index is 13.6. The Morgan fingerprint density at radius 2 is 1.41 bits per heavy atom. The first kappa shape index (κ1) is 28.5. The van der Waals surface area contributed by atoms with Crippen LogP contribution in [0.5, 0.6) is 0 Å². The first-order valence-corrected chi connectivity index (χ1v) is 11.4. The summed E-state index contributed by atoms with van der Waals surface area (Å²) in [5.41, 5.74) is -13.8. The molecule has 0 heterocycles. The van der Waals surface area contributed by atoms with Crippen LogP contribution in [0.25, 0.3) is 0 Å². The molecule has 0 N–H and O–H groups in total. The lowest BCUT2D eigenvalue weighted by atomic mass is 10.2. The zero-order valence-corrected chi connectivity index (χ0v) is 18.3. The summed E-state index contributed by atoms with van der Waals surface area (Å²) in [6.45, 7) is 3.09. The van der Waals surface area contributed by atoms with E-state index in [0.29, 0.717) is 5.56 Å². The molecule has 0 radical (unpaired) electrons. The second-order valence-corrected chi connectivity index (χ2v) is 10.4. The molecule has 0 bridgehead atoms. The molecule has 1 unspecified atom stereocenters. The molecule has 0 fully saturated rings. The third-order valence-corrected chi connectivity index (χ3v) is 6.71. The van der Waals surface area contributed by atoms with Crippen LogP contribution >= 0.6 is 11.8 Å². The van der Waals surface area contributed by atoms with Crippen LogP contribution in [-0.2, 0) is 21.0 Å². The summed E-state index contributed by atoms with van der Waals surface area (Å²) in [6, 6.07) is 9.45. The maximum atomic E-state index is 13.6. The summed E-state index contributed by atoms with van der Waals surface area (Å²) in [5.74, 6) is 0. The van der Waals surface area contributed by atoms with Gasteiger partial charge in [-0.3, -0.25) is 0 Å². The fraction of sp³-hybridized carbons (Fsp3) is 0.294. The van der Waals surface area contributed by atoms with E-state index in [2.05, 4.69) is 0 Å². The second kappa shape index (κ2) is 10.1. The van der Waals surface area contributed by atoms with Gasteiger partial charge in [0.15, 0.2) is 30.8 Å². The van der Waals surface area contributed by atoms with Crippen molar-refractivity contribution in [3.8, 4) is 0 Å². The quantitative estimate of drug-likeness (QED) is 0.148. The lowest BCUT2D eigenvalue weighted by Crippen LogP contribution is -2.25. The van der Waals surface area contributed by atoms with E-state index in [-0.39, 0.29) is 32.0 Å². The Morgan fingerprint density at radius 3 is 1.78 bits per heavy atom. The Bertz CT molecular complexity index is 1030. The maximum Gasteiger partial charge on any atom is 0.586 e. The molecular formula is C17H13F9O3S3. The van der Waals surface area contributed by atoms with Crippen LogP contribution in [0.1, 0.15) is 11.1 Å². The largest absolute Gasteiger partial charge is 0.741 e. The van der Waals surface area contributed by atoms with Gasteiger partial charge in [-0.25, -0.2) is 8.42 Å². The van der Waals surface area contributed by atoms with Crippen LogP contribution in [-0.4, -0.2) is 29.5 Å². The van der Waals surface area contributed by atoms with Gasteiger partial charge < -0.3 is 4.55 Å². The highest BCUT2D eigenvalue weighted by Gasteiger charge is 2.55. The number of thioether (sulfide) groups is 1. The Labute approximate surface area is 184 Å². The molecule has 0 saturated heterocycles. The van der Waals surface area contributed by atoms with Crippen LogP contribution in [0.2, 0.25) is 0 Å². The first-order valence-electron chi connectivity index (χ1n) is 7.98. The molecule has 0 saturated carbocycles. The minimum atomic E-state index is -6.09. The first-order chi connectivity index (χ1) is 14.2. The van der Waals surface area contributed by atoms with Gasteiger partial charge in [-0.15, -0.1) is 13.2 Å². The van der Waals surface area contributed by atoms with Gasteiger partial charge in [0.05, 0.1) is 0 Å². The number of halogens is 9. The third kappa shape index (κ3) is 8.75. The van der Waals surface area contributed by atoms with E-state index in [1.165, 1.54) is 19.1 Å². The average Bonchev–Trinajstić information content (AvgIpc) is 2.53. The summed E-state index contributed by atoms with van der Waals surface area (Å²) in [4.78, 5) is -0.0415. The molecule has 180 valence electrons. The molecule has 0 aromatic heterocycles. The summed E-state index contributed by atoms with van der Waals surface area (Å²) in [7, 11) is -8.30. The van der Waals surface area contributed by atoms with Crippen LogP contribution in [0.3, 0.4) is 0 Å². The van der Waals surface area contributed by atoms with E-state index in [1.54, 1.807) is 19.1 Å². The molecule has 1 atom stereocenters. The van der Waals surface area contributed by atoms with E-state index in [1.807, 2.05) is 0 Å². The molecule has 0 aliphatic heterocycles. The molecule has 32 heavy (non-hydrogen) atoms. The van der Waals surface area contributed by atoms with Crippen molar-refractivity contribution in [1.29, 1.82) is 0 Å². The van der Waals surface area contributed by atoms with Crippen molar-refractivity contribution < 1.29 is 52.5 Å². The highest BCUT2D eigenvalue weighted by Crippen LogP contribution is 2.42. The van der Waals surface area contributed by atoms with Gasteiger partial charge >= 0.3 is 16.5 Å². The zero-order valence-electron chi connectivity index (χ0n) is 15.9. The van der Waals surface area contributed by atoms with Gasteiger partial charge in [-0.1, -0.05) is 12.1 Å². The molecule has 2 aromatic carbocycles. The van der Waals surface area contributed by atoms with Gasteiger partial charge in [0.2, 0.25) is 0 Å². The van der Waals surface area contributed by atoms with Gasteiger partial charge in [-0.2, -0.15) is 26.3 Å². The molecule has 15 heteroatoms. The van der Waals surface area contributed by atoms with Gasteiger partial charge in [-0.05, 0) is 61.5 Å². The number of benzene rings is 2. The Kier molecular flexibility index (Phi) is 9.01. The minimum absolute atomic E-state index is 0.0142. The van der Waals surface area contributed by atoms with E-state index >= 15 is 0 Å². The monoisotopic (exact) mass is 532 g/mol. The normalized spacial score (nSPS) is 13.9. The summed E-state index contributed by atoms with van der Waals surface area (Å²) < 4.78 is 137. The number of hydrogen-bond acceptors (Lipinski definition) is 4. The summed E-state index contributed by atoms with van der Waals surface area (Å²) >= 11 is -0.337. The minimum Gasteiger partial charge on any atom is -0.741 e.